The first-order valence-electron chi connectivity index (χ1n) is 11.9. The summed E-state index contributed by atoms with van der Waals surface area (Å²) in [6.45, 7) is 4.82. The zero-order valence-electron chi connectivity index (χ0n) is 21.1. The van der Waals surface area contributed by atoms with Crippen molar-refractivity contribution in [3.8, 4) is 5.75 Å². The third-order valence-corrected chi connectivity index (χ3v) is 5.93. The number of carbonyl (C=O) groups is 5. The van der Waals surface area contributed by atoms with E-state index in [2.05, 4.69) is 16.0 Å². The van der Waals surface area contributed by atoms with Gasteiger partial charge in [0.05, 0.1) is 12.1 Å². The van der Waals surface area contributed by atoms with E-state index >= 15 is 0 Å². The number of rotatable bonds is 15. The van der Waals surface area contributed by atoms with E-state index in [1.54, 1.807) is 6.92 Å². The van der Waals surface area contributed by atoms with Crippen LogP contribution in [0.4, 0.5) is 0 Å². The first kappa shape index (κ1) is 31.3. The lowest BCUT2D eigenvalue weighted by Crippen LogP contribution is -2.60. The third kappa shape index (κ3) is 10.4. The van der Waals surface area contributed by atoms with Gasteiger partial charge in [-0.15, -0.1) is 0 Å². The molecule has 1 aromatic carbocycles. The van der Waals surface area contributed by atoms with Crippen molar-refractivity contribution < 1.29 is 39.3 Å². The molecule has 0 fully saturated rings. The number of benzene rings is 1. The summed E-state index contributed by atoms with van der Waals surface area (Å²) < 4.78 is 0. The lowest BCUT2D eigenvalue weighted by atomic mass is 9.98. The fourth-order valence-electron chi connectivity index (χ4n) is 3.32. The molecule has 0 saturated carbocycles. The molecule has 13 heteroatoms. The van der Waals surface area contributed by atoms with Crippen molar-refractivity contribution in [2.75, 3.05) is 0 Å². The lowest BCUT2D eigenvalue weighted by molar-refractivity contribution is -0.143. The van der Waals surface area contributed by atoms with Gasteiger partial charge in [0, 0.05) is 12.8 Å². The van der Waals surface area contributed by atoms with Gasteiger partial charge >= 0.3 is 5.97 Å². The molecule has 0 spiro atoms. The molecule has 0 aliphatic carbocycles. The smallest absolute Gasteiger partial charge is 0.326 e. The number of hydrogen-bond donors (Lipinski definition) is 8. The molecule has 0 aromatic heterocycles. The topological polar surface area (TPSA) is 234 Å². The van der Waals surface area contributed by atoms with Gasteiger partial charge in [-0.05, 0) is 37.0 Å². The van der Waals surface area contributed by atoms with Gasteiger partial charge in [0.15, 0.2) is 0 Å². The minimum Gasteiger partial charge on any atom is -0.508 e. The van der Waals surface area contributed by atoms with Crippen molar-refractivity contribution in [3.05, 3.63) is 29.8 Å². The summed E-state index contributed by atoms with van der Waals surface area (Å²) in [6, 6.07) is 0.491. The Kier molecular flexibility index (Phi) is 12.5. The quantitative estimate of drug-likeness (QED) is 0.133. The van der Waals surface area contributed by atoms with E-state index in [4.69, 9.17) is 11.5 Å². The number of carboxylic acids is 1. The first-order chi connectivity index (χ1) is 17.3. The van der Waals surface area contributed by atoms with Crippen LogP contribution in [0, 0.1) is 5.92 Å². The average molecular weight is 524 g/mol. The number of carbonyl (C=O) groups excluding carboxylic acids is 4. The Hall–Kier alpha value is -3.71. The summed E-state index contributed by atoms with van der Waals surface area (Å²) in [4.78, 5) is 61.3. The van der Waals surface area contributed by atoms with Gasteiger partial charge in [0.1, 0.15) is 23.9 Å². The summed E-state index contributed by atoms with van der Waals surface area (Å²) in [5.41, 5.74) is 11.6. The summed E-state index contributed by atoms with van der Waals surface area (Å²) in [6.07, 6.45) is -1.41. The van der Waals surface area contributed by atoms with Gasteiger partial charge in [-0.3, -0.25) is 19.2 Å². The molecule has 0 bridgehead atoms. The monoisotopic (exact) mass is 523 g/mol. The zero-order chi connectivity index (χ0) is 28.3. The van der Waals surface area contributed by atoms with E-state index in [0.717, 1.165) is 0 Å². The number of hydrogen-bond acceptors (Lipinski definition) is 8. The molecular formula is C24H37N5O8. The van der Waals surface area contributed by atoms with Crippen molar-refractivity contribution >= 4 is 29.6 Å². The van der Waals surface area contributed by atoms with Crippen LogP contribution < -0.4 is 27.4 Å². The number of amides is 4. The number of aliphatic hydroxyl groups excluding tert-OH is 1. The van der Waals surface area contributed by atoms with E-state index < -0.39 is 59.9 Å². The Morgan fingerprint density at radius 2 is 1.49 bits per heavy atom. The van der Waals surface area contributed by atoms with Crippen LogP contribution in [0.3, 0.4) is 0 Å². The summed E-state index contributed by atoms with van der Waals surface area (Å²) >= 11 is 0. The van der Waals surface area contributed by atoms with Crippen molar-refractivity contribution in [2.24, 2.45) is 17.4 Å². The molecule has 1 aromatic rings. The largest absolute Gasteiger partial charge is 0.508 e. The number of carboxylic acid groups (broad SMARTS) is 1. The second-order valence-corrected chi connectivity index (χ2v) is 8.97. The fraction of sp³-hybridized carbons (Fsp3) is 0.542. The van der Waals surface area contributed by atoms with Crippen LogP contribution in [0.2, 0.25) is 0 Å². The van der Waals surface area contributed by atoms with Crippen molar-refractivity contribution in [3.63, 3.8) is 0 Å². The Balaban J connectivity index is 3.01. The Bertz CT molecular complexity index is 953. The molecule has 0 heterocycles. The maximum absolute atomic E-state index is 13.0. The summed E-state index contributed by atoms with van der Waals surface area (Å²) in [5, 5.41) is 36.1. The van der Waals surface area contributed by atoms with Crippen LogP contribution in [0.1, 0.15) is 45.6 Å². The number of nitrogens with two attached hydrogens (primary N) is 2. The number of phenols is 1. The number of nitrogens with one attached hydrogen (secondary N) is 3. The van der Waals surface area contributed by atoms with Gasteiger partial charge in [0.2, 0.25) is 23.6 Å². The first-order valence-corrected chi connectivity index (χ1v) is 11.9. The van der Waals surface area contributed by atoms with Crippen molar-refractivity contribution in [2.45, 2.75) is 76.7 Å². The highest BCUT2D eigenvalue weighted by molar-refractivity contribution is 5.94. The van der Waals surface area contributed by atoms with E-state index in [0.29, 0.717) is 12.0 Å². The molecule has 37 heavy (non-hydrogen) atoms. The van der Waals surface area contributed by atoms with E-state index in [9.17, 15) is 39.3 Å². The highest BCUT2D eigenvalue weighted by Crippen LogP contribution is 2.12. The molecule has 6 unspecified atom stereocenters. The fourth-order valence-corrected chi connectivity index (χ4v) is 3.32. The second-order valence-electron chi connectivity index (χ2n) is 8.97. The number of aliphatic hydroxyl groups is 1. The normalized spacial score (nSPS) is 15.8. The predicted molar refractivity (Wildman–Crippen MR) is 133 cm³/mol. The molecule has 10 N–H and O–H groups in total. The van der Waals surface area contributed by atoms with Gasteiger partial charge < -0.3 is 42.7 Å². The Morgan fingerprint density at radius 1 is 0.919 bits per heavy atom. The summed E-state index contributed by atoms with van der Waals surface area (Å²) in [5.74, 6) is -4.80. The third-order valence-electron chi connectivity index (χ3n) is 5.93. The van der Waals surface area contributed by atoms with Gasteiger partial charge in [-0.2, -0.15) is 0 Å². The van der Waals surface area contributed by atoms with Gasteiger partial charge in [-0.25, -0.2) is 4.79 Å². The molecule has 13 nitrogen and oxygen atoms in total. The molecular weight excluding hydrogens is 486 g/mol. The van der Waals surface area contributed by atoms with Gasteiger partial charge in [-0.1, -0.05) is 32.4 Å². The number of phenolic OH excluding ortho intramolecular Hbond substituents is 1. The van der Waals surface area contributed by atoms with E-state index in [-0.39, 0.29) is 30.9 Å². The predicted octanol–water partition coefficient (Wildman–Crippen LogP) is -1.51. The van der Waals surface area contributed by atoms with Crippen molar-refractivity contribution in [1.82, 2.24) is 16.0 Å². The molecule has 0 aliphatic heterocycles. The van der Waals surface area contributed by atoms with E-state index in [1.807, 2.05) is 6.92 Å². The summed E-state index contributed by atoms with van der Waals surface area (Å²) in [7, 11) is 0. The molecule has 206 valence electrons. The van der Waals surface area contributed by atoms with Crippen molar-refractivity contribution in [1.29, 1.82) is 0 Å². The molecule has 4 amide bonds. The lowest BCUT2D eigenvalue weighted by Gasteiger charge is -2.27. The SMILES string of the molecule is CCC(C)C(N)C(=O)NC(CCC(N)=O)C(=O)NC(C(=O)NC(Cc1ccc(O)cc1)C(=O)O)C(C)O. The van der Waals surface area contributed by atoms with Gasteiger partial charge in [0.25, 0.3) is 0 Å². The Morgan fingerprint density at radius 3 is 1.97 bits per heavy atom. The number of aromatic hydroxyl groups is 1. The zero-order valence-corrected chi connectivity index (χ0v) is 21.1. The molecule has 1 rings (SSSR count). The molecule has 0 saturated heterocycles. The maximum Gasteiger partial charge on any atom is 0.326 e. The van der Waals surface area contributed by atoms with E-state index in [1.165, 1.54) is 31.2 Å². The number of aliphatic carboxylic acids is 1. The molecule has 0 aliphatic rings. The van der Waals surface area contributed by atoms with Crippen LogP contribution in [-0.4, -0.2) is 75.2 Å². The average Bonchev–Trinajstić information content (AvgIpc) is 2.83. The number of primary amides is 1. The standard InChI is InChI=1S/C24H37N5O8/c1-4-12(2)19(26)22(34)27-16(9-10-18(25)32)21(33)29-20(13(3)30)23(35)28-17(24(36)37)11-14-5-7-15(31)8-6-14/h5-8,12-13,16-17,19-20,30-31H,4,9-11,26H2,1-3H3,(H2,25,32)(H,27,34)(H,28,35)(H,29,33)(H,36,37). The second kappa shape index (κ2) is 14.8. The maximum atomic E-state index is 13.0. The molecule has 0 radical (unpaired) electrons. The molecule has 6 atom stereocenters. The minimum atomic E-state index is -1.58. The van der Waals surface area contributed by atoms with Crippen LogP contribution in [0.15, 0.2) is 24.3 Å². The Labute approximate surface area is 215 Å². The minimum absolute atomic E-state index is 0.0142. The highest BCUT2D eigenvalue weighted by Gasteiger charge is 2.33. The van der Waals surface area contributed by atoms with Crippen LogP contribution in [0.5, 0.6) is 5.75 Å². The van der Waals surface area contributed by atoms with Crippen LogP contribution >= 0.6 is 0 Å². The van der Waals surface area contributed by atoms with Crippen LogP contribution in [0.25, 0.3) is 0 Å². The van der Waals surface area contributed by atoms with Crippen LogP contribution in [-0.2, 0) is 30.4 Å². The highest BCUT2D eigenvalue weighted by atomic mass is 16.4.